The molecule has 2 N–H and O–H groups in total. The molecule has 0 radical (unpaired) electrons. The summed E-state index contributed by atoms with van der Waals surface area (Å²) in [7, 11) is 0. The van der Waals surface area contributed by atoms with Crippen molar-refractivity contribution < 1.29 is 10.2 Å². The fraction of sp³-hybridized carbons (Fsp3) is 0.111. The standard InChI is InChI=1S/C18H18O2/c1-3-6-13-8-5-9-14(10-13)16-11-15(7-4-2)17(19)12-18(16)20/h3-5,8-12,19-20H,1-2,6-7H2. The van der Waals surface area contributed by atoms with Gasteiger partial charge in [0, 0.05) is 11.6 Å². The van der Waals surface area contributed by atoms with E-state index in [1.807, 2.05) is 30.3 Å². The molecule has 0 amide bonds. The van der Waals surface area contributed by atoms with E-state index in [1.165, 1.54) is 6.07 Å². The van der Waals surface area contributed by atoms with E-state index in [0.29, 0.717) is 12.0 Å². The summed E-state index contributed by atoms with van der Waals surface area (Å²) in [5.74, 6) is 0.166. The molecule has 102 valence electrons. The third-order valence-corrected chi connectivity index (χ3v) is 3.18. The molecule has 0 saturated heterocycles. The molecule has 0 heterocycles. The predicted octanol–water partition coefficient (Wildman–Crippen LogP) is 4.22. The third kappa shape index (κ3) is 2.91. The van der Waals surface area contributed by atoms with Crippen LogP contribution in [0, 0.1) is 0 Å². The summed E-state index contributed by atoms with van der Waals surface area (Å²) >= 11 is 0. The Balaban J connectivity index is 2.50. The first kappa shape index (κ1) is 13.9. The molecule has 0 aliphatic rings. The van der Waals surface area contributed by atoms with Crippen molar-refractivity contribution in [1.29, 1.82) is 0 Å². The smallest absolute Gasteiger partial charge is 0.127 e. The quantitative estimate of drug-likeness (QED) is 0.795. The van der Waals surface area contributed by atoms with Gasteiger partial charge in [0.05, 0.1) is 0 Å². The van der Waals surface area contributed by atoms with Gasteiger partial charge in [-0.3, -0.25) is 0 Å². The molecular weight excluding hydrogens is 248 g/mol. The average Bonchev–Trinajstić information content (AvgIpc) is 2.43. The second-order valence-corrected chi connectivity index (χ2v) is 4.68. The lowest BCUT2D eigenvalue weighted by Crippen LogP contribution is -1.88. The number of rotatable bonds is 5. The minimum atomic E-state index is 0.0751. The molecule has 0 saturated carbocycles. The van der Waals surface area contributed by atoms with E-state index < -0.39 is 0 Å². The van der Waals surface area contributed by atoms with Crippen molar-refractivity contribution in [3.8, 4) is 22.6 Å². The van der Waals surface area contributed by atoms with Crippen LogP contribution in [0.25, 0.3) is 11.1 Å². The van der Waals surface area contributed by atoms with Gasteiger partial charge < -0.3 is 10.2 Å². The topological polar surface area (TPSA) is 40.5 Å². The number of aromatic hydroxyl groups is 2. The molecule has 20 heavy (non-hydrogen) atoms. The Morgan fingerprint density at radius 2 is 1.65 bits per heavy atom. The fourth-order valence-electron chi connectivity index (χ4n) is 2.20. The van der Waals surface area contributed by atoms with E-state index in [-0.39, 0.29) is 11.5 Å². The molecule has 0 bridgehead atoms. The number of phenolic OH excluding ortho intramolecular Hbond substituents is 2. The normalized spacial score (nSPS) is 10.2. The van der Waals surface area contributed by atoms with E-state index in [0.717, 1.165) is 23.1 Å². The van der Waals surface area contributed by atoms with Crippen molar-refractivity contribution >= 4 is 0 Å². The lowest BCUT2D eigenvalue weighted by Gasteiger charge is -2.10. The highest BCUT2D eigenvalue weighted by Gasteiger charge is 2.10. The molecule has 0 aliphatic heterocycles. The van der Waals surface area contributed by atoms with Gasteiger partial charge in [0.15, 0.2) is 0 Å². The molecule has 0 aliphatic carbocycles. The third-order valence-electron chi connectivity index (χ3n) is 3.18. The van der Waals surface area contributed by atoms with Crippen molar-refractivity contribution in [2.45, 2.75) is 12.8 Å². The zero-order valence-corrected chi connectivity index (χ0v) is 11.3. The summed E-state index contributed by atoms with van der Waals surface area (Å²) in [5, 5.41) is 19.9. The van der Waals surface area contributed by atoms with E-state index in [9.17, 15) is 10.2 Å². The highest BCUT2D eigenvalue weighted by atomic mass is 16.3. The highest BCUT2D eigenvalue weighted by molar-refractivity contribution is 5.73. The lowest BCUT2D eigenvalue weighted by molar-refractivity contribution is 0.448. The van der Waals surface area contributed by atoms with Gasteiger partial charge in [-0.2, -0.15) is 0 Å². The first-order chi connectivity index (χ1) is 9.65. The Labute approximate surface area is 119 Å². The van der Waals surface area contributed by atoms with Gasteiger partial charge in [-0.05, 0) is 35.6 Å². The van der Waals surface area contributed by atoms with Crippen LogP contribution in [-0.4, -0.2) is 10.2 Å². The van der Waals surface area contributed by atoms with Gasteiger partial charge in [0.25, 0.3) is 0 Å². The maximum Gasteiger partial charge on any atom is 0.127 e. The Morgan fingerprint density at radius 3 is 2.35 bits per heavy atom. The van der Waals surface area contributed by atoms with Crippen LogP contribution >= 0.6 is 0 Å². The molecule has 2 heteroatoms. The van der Waals surface area contributed by atoms with Crippen LogP contribution in [-0.2, 0) is 12.8 Å². The number of phenols is 2. The zero-order valence-electron chi connectivity index (χ0n) is 11.3. The molecule has 2 aromatic carbocycles. The molecule has 2 aromatic rings. The van der Waals surface area contributed by atoms with Gasteiger partial charge in [0.2, 0.25) is 0 Å². The zero-order chi connectivity index (χ0) is 14.5. The molecule has 2 nitrogen and oxygen atoms in total. The first-order valence-electron chi connectivity index (χ1n) is 6.51. The van der Waals surface area contributed by atoms with Crippen LogP contribution in [0.1, 0.15) is 11.1 Å². The second kappa shape index (κ2) is 6.11. The Kier molecular flexibility index (Phi) is 4.26. The van der Waals surface area contributed by atoms with Crippen LogP contribution in [0.2, 0.25) is 0 Å². The largest absolute Gasteiger partial charge is 0.508 e. The maximum atomic E-state index is 10.1. The molecule has 2 rings (SSSR count). The van der Waals surface area contributed by atoms with Gasteiger partial charge in [-0.25, -0.2) is 0 Å². The highest BCUT2D eigenvalue weighted by Crippen LogP contribution is 2.35. The van der Waals surface area contributed by atoms with Crippen LogP contribution in [0.3, 0.4) is 0 Å². The lowest BCUT2D eigenvalue weighted by atomic mass is 9.97. The van der Waals surface area contributed by atoms with E-state index in [4.69, 9.17) is 0 Å². The minimum Gasteiger partial charge on any atom is -0.508 e. The van der Waals surface area contributed by atoms with Crippen molar-refractivity contribution in [1.82, 2.24) is 0 Å². The molecule has 0 aromatic heterocycles. The summed E-state index contributed by atoms with van der Waals surface area (Å²) in [4.78, 5) is 0. The van der Waals surface area contributed by atoms with Crippen molar-refractivity contribution in [2.75, 3.05) is 0 Å². The summed E-state index contributed by atoms with van der Waals surface area (Å²) in [6.45, 7) is 7.41. The van der Waals surface area contributed by atoms with Gasteiger partial charge in [-0.15, -0.1) is 13.2 Å². The van der Waals surface area contributed by atoms with Crippen molar-refractivity contribution in [2.24, 2.45) is 0 Å². The Hall–Kier alpha value is -2.48. The number of allylic oxidation sites excluding steroid dienone is 2. The summed E-state index contributed by atoms with van der Waals surface area (Å²) in [6, 6.07) is 11.1. The summed E-state index contributed by atoms with van der Waals surface area (Å²) in [5.41, 5.74) is 3.52. The molecule has 0 unspecified atom stereocenters. The van der Waals surface area contributed by atoms with E-state index >= 15 is 0 Å². The van der Waals surface area contributed by atoms with Gasteiger partial charge in [-0.1, -0.05) is 36.4 Å². The summed E-state index contributed by atoms with van der Waals surface area (Å²) in [6.07, 6.45) is 4.92. The van der Waals surface area contributed by atoms with Crippen molar-refractivity contribution in [3.05, 3.63) is 72.8 Å². The summed E-state index contributed by atoms with van der Waals surface area (Å²) < 4.78 is 0. The molecule has 0 atom stereocenters. The number of hydrogen-bond acceptors (Lipinski definition) is 2. The number of benzene rings is 2. The van der Waals surface area contributed by atoms with Crippen molar-refractivity contribution in [3.63, 3.8) is 0 Å². The van der Waals surface area contributed by atoms with Crippen LogP contribution < -0.4 is 0 Å². The van der Waals surface area contributed by atoms with Crippen LogP contribution in [0.4, 0.5) is 0 Å². The van der Waals surface area contributed by atoms with E-state index in [2.05, 4.69) is 13.2 Å². The molecular formula is C18H18O2. The predicted molar refractivity (Wildman–Crippen MR) is 83.0 cm³/mol. The average molecular weight is 266 g/mol. The number of hydrogen-bond donors (Lipinski definition) is 2. The maximum absolute atomic E-state index is 10.1. The molecule has 0 fully saturated rings. The molecule has 0 spiro atoms. The van der Waals surface area contributed by atoms with Gasteiger partial charge >= 0.3 is 0 Å². The Morgan fingerprint density at radius 1 is 0.900 bits per heavy atom. The van der Waals surface area contributed by atoms with Gasteiger partial charge in [0.1, 0.15) is 11.5 Å². The SMILES string of the molecule is C=CCc1cccc(-c2cc(CC=C)c(O)cc2O)c1. The second-order valence-electron chi connectivity index (χ2n) is 4.68. The van der Waals surface area contributed by atoms with Crippen LogP contribution in [0.5, 0.6) is 11.5 Å². The van der Waals surface area contributed by atoms with E-state index in [1.54, 1.807) is 12.1 Å². The fourth-order valence-corrected chi connectivity index (χ4v) is 2.20. The monoisotopic (exact) mass is 266 g/mol. The van der Waals surface area contributed by atoms with Crippen LogP contribution in [0.15, 0.2) is 61.7 Å². The minimum absolute atomic E-state index is 0.0751. The Bertz CT molecular complexity index is 642. The first-order valence-corrected chi connectivity index (χ1v) is 6.51.